The summed E-state index contributed by atoms with van der Waals surface area (Å²) < 4.78 is 1.86. The summed E-state index contributed by atoms with van der Waals surface area (Å²) in [5.74, 6) is 0.340. The third kappa shape index (κ3) is 2.16. The standard InChI is InChI=1S/C16H14NOP/c1-17-15(18)14(12-8-4-2-5-9-12)19-16(17)13-10-6-3-7-11-13/h2-11,18H,1H3. The highest BCUT2D eigenvalue weighted by Crippen LogP contribution is 2.45. The van der Waals surface area contributed by atoms with Gasteiger partial charge >= 0.3 is 0 Å². The quantitative estimate of drug-likeness (QED) is 0.718. The van der Waals surface area contributed by atoms with Gasteiger partial charge in [0.15, 0.2) is 0 Å². The molecule has 0 atom stereocenters. The molecule has 0 radical (unpaired) electrons. The number of hydrogen-bond acceptors (Lipinski definition) is 1. The Morgan fingerprint density at radius 1 is 0.842 bits per heavy atom. The van der Waals surface area contributed by atoms with Crippen LogP contribution in [0.1, 0.15) is 0 Å². The molecule has 2 aromatic carbocycles. The molecule has 19 heavy (non-hydrogen) atoms. The summed E-state index contributed by atoms with van der Waals surface area (Å²) >= 11 is 0. The van der Waals surface area contributed by atoms with Crippen molar-refractivity contribution in [2.24, 2.45) is 7.05 Å². The fourth-order valence-corrected chi connectivity index (χ4v) is 3.39. The lowest BCUT2D eigenvalue weighted by atomic mass is 10.2. The molecule has 94 valence electrons. The van der Waals surface area contributed by atoms with Crippen LogP contribution in [0.5, 0.6) is 5.88 Å². The van der Waals surface area contributed by atoms with E-state index in [0.29, 0.717) is 5.88 Å². The Hall–Kier alpha value is -2.05. The van der Waals surface area contributed by atoms with E-state index in [1.165, 1.54) is 0 Å². The molecule has 3 heteroatoms. The van der Waals surface area contributed by atoms with Gasteiger partial charge in [0.1, 0.15) is 0 Å². The normalized spacial score (nSPS) is 11.0. The summed E-state index contributed by atoms with van der Waals surface area (Å²) in [5, 5.41) is 11.3. The average Bonchev–Trinajstić information content (AvgIpc) is 2.77. The van der Waals surface area contributed by atoms with E-state index in [0.717, 1.165) is 30.0 Å². The van der Waals surface area contributed by atoms with Crippen molar-refractivity contribution in [1.82, 2.24) is 4.57 Å². The first-order chi connectivity index (χ1) is 9.27. The summed E-state index contributed by atoms with van der Waals surface area (Å²) in [5.41, 5.74) is 3.32. The Bertz CT molecular complexity index is 630. The van der Waals surface area contributed by atoms with Gasteiger partial charge in [0.2, 0.25) is 5.88 Å². The summed E-state index contributed by atoms with van der Waals surface area (Å²) in [6.45, 7) is 0. The number of nitrogens with zero attached hydrogens (tertiary/aromatic N) is 1. The number of benzene rings is 2. The minimum absolute atomic E-state index is 0.340. The maximum absolute atomic E-state index is 10.3. The van der Waals surface area contributed by atoms with E-state index in [1.54, 1.807) is 0 Å². The van der Waals surface area contributed by atoms with E-state index < -0.39 is 0 Å². The van der Waals surface area contributed by atoms with Crippen molar-refractivity contribution in [2.45, 2.75) is 0 Å². The highest BCUT2D eigenvalue weighted by atomic mass is 31.0. The van der Waals surface area contributed by atoms with Gasteiger partial charge in [-0.15, -0.1) is 0 Å². The molecule has 0 amide bonds. The molecule has 0 saturated carbocycles. The maximum Gasteiger partial charge on any atom is 0.204 e. The number of aromatic nitrogens is 1. The van der Waals surface area contributed by atoms with Crippen molar-refractivity contribution in [3.05, 3.63) is 60.7 Å². The van der Waals surface area contributed by atoms with Crippen molar-refractivity contribution in [2.75, 3.05) is 0 Å². The molecule has 0 aliphatic carbocycles. The van der Waals surface area contributed by atoms with Gasteiger partial charge in [0, 0.05) is 12.6 Å². The van der Waals surface area contributed by atoms with Crippen LogP contribution in [-0.4, -0.2) is 9.67 Å². The molecular weight excluding hydrogens is 253 g/mol. The Balaban J connectivity index is 2.16. The SMILES string of the molecule is Cn1c(-c2ccccc2)pc(-c2ccccc2)c1O. The van der Waals surface area contributed by atoms with Gasteiger partial charge in [0.05, 0.1) is 10.7 Å². The lowest BCUT2D eigenvalue weighted by molar-refractivity contribution is 0.435. The second-order valence-corrected chi connectivity index (χ2v) is 5.49. The first kappa shape index (κ1) is 12.0. The van der Waals surface area contributed by atoms with Crippen molar-refractivity contribution >= 4 is 8.19 Å². The second kappa shape index (κ2) is 4.91. The Labute approximate surface area is 114 Å². The Morgan fingerprint density at radius 2 is 1.37 bits per heavy atom. The van der Waals surface area contributed by atoms with Crippen LogP contribution in [0.2, 0.25) is 0 Å². The van der Waals surface area contributed by atoms with Crippen LogP contribution in [0.3, 0.4) is 0 Å². The minimum Gasteiger partial charge on any atom is -0.494 e. The van der Waals surface area contributed by atoms with Crippen molar-refractivity contribution < 1.29 is 5.11 Å². The van der Waals surface area contributed by atoms with Crippen LogP contribution in [-0.2, 0) is 7.05 Å². The van der Waals surface area contributed by atoms with Gasteiger partial charge in [-0.05, 0) is 13.8 Å². The average molecular weight is 267 g/mol. The van der Waals surface area contributed by atoms with Crippen LogP contribution in [0.25, 0.3) is 21.8 Å². The number of aromatic hydroxyl groups is 1. The van der Waals surface area contributed by atoms with Gasteiger partial charge in [-0.2, -0.15) is 0 Å². The molecule has 0 bridgehead atoms. The first-order valence-electron chi connectivity index (χ1n) is 6.14. The van der Waals surface area contributed by atoms with Crippen molar-refractivity contribution in [1.29, 1.82) is 0 Å². The summed E-state index contributed by atoms with van der Waals surface area (Å²) in [6, 6.07) is 20.2. The van der Waals surface area contributed by atoms with Gasteiger partial charge in [-0.1, -0.05) is 60.7 Å². The Kier molecular flexibility index (Phi) is 3.10. The Morgan fingerprint density at radius 3 is 1.95 bits per heavy atom. The van der Waals surface area contributed by atoms with Crippen LogP contribution in [0, 0.1) is 0 Å². The molecule has 0 fully saturated rings. The molecule has 3 aromatic rings. The number of hydrogen-bond donors (Lipinski definition) is 1. The molecule has 0 aliphatic rings. The van der Waals surface area contributed by atoms with Crippen molar-refractivity contribution in [3.63, 3.8) is 0 Å². The molecule has 0 saturated heterocycles. The fourth-order valence-electron chi connectivity index (χ4n) is 2.13. The molecule has 0 aliphatic heterocycles. The molecule has 2 nitrogen and oxygen atoms in total. The summed E-state index contributed by atoms with van der Waals surface area (Å²) in [7, 11) is 2.95. The third-order valence-corrected chi connectivity index (χ3v) is 4.60. The zero-order valence-electron chi connectivity index (χ0n) is 10.6. The largest absolute Gasteiger partial charge is 0.494 e. The maximum atomic E-state index is 10.3. The van der Waals surface area contributed by atoms with Crippen LogP contribution < -0.4 is 0 Å². The van der Waals surface area contributed by atoms with E-state index in [1.807, 2.05) is 60.1 Å². The highest BCUT2D eigenvalue weighted by molar-refractivity contribution is 7.37. The predicted molar refractivity (Wildman–Crippen MR) is 80.5 cm³/mol. The monoisotopic (exact) mass is 267 g/mol. The van der Waals surface area contributed by atoms with E-state index in [2.05, 4.69) is 12.1 Å². The topological polar surface area (TPSA) is 25.2 Å². The lowest BCUT2D eigenvalue weighted by Crippen LogP contribution is -1.89. The van der Waals surface area contributed by atoms with Crippen LogP contribution >= 0.6 is 8.19 Å². The molecule has 0 spiro atoms. The molecule has 1 N–H and O–H groups in total. The molecule has 3 rings (SSSR count). The lowest BCUT2D eigenvalue weighted by Gasteiger charge is -2.03. The van der Waals surface area contributed by atoms with Gasteiger partial charge in [-0.25, -0.2) is 0 Å². The zero-order chi connectivity index (χ0) is 13.2. The first-order valence-corrected chi connectivity index (χ1v) is 7.03. The summed E-state index contributed by atoms with van der Waals surface area (Å²) in [4.78, 5) is 0. The van der Waals surface area contributed by atoms with Gasteiger partial charge < -0.3 is 9.67 Å². The molecular formula is C16H14NOP. The molecule has 0 unspecified atom stereocenters. The fraction of sp³-hybridized carbons (Fsp3) is 0.0625. The number of rotatable bonds is 2. The molecule has 1 heterocycles. The summed E-state index contributed by atoms with van der Waals surface area (Å²) in [6.07, 6.45) is 0. The predicted octanol–water partition coefficient (Wildman–Crippen LogP) is 4.64. The zero-order valence-corrected chi connectivity index (χ0v) is 11.5. The van der Waals surface area contributed by atoms with Crippen LogP contribution in [0.4, 0.5) is 0 Å². The van der Waals surface area contributed by atoms with E-state index in [9.17, 15) is 5.11 Å². The van der Waals surface area contributed by atoms with E-state index >= 15 is 0 Å². The minimum atomic E-state index is 0.340. The smallest absolute Gasteiger partial charge is 0.204 e. The van der Waals surface area contributed by atoms with Crippen LogP contribution in [0.15, 0.2) is 60.7 Å². The van der Waals surface area contributed by atoms with Crippen molar-refractivity contribution in [3.8, 4) is 27.7 Å². The second-order valence-electron chi connectivity index (χ2n) is 4.40. The van der Waals surface area contributed by atoms with E-state index in [-0.39, 0.29) is 0 Å². The molecule has 1 aromatic heterocycles. The van der Waals surface area contributed by atoms with E-state index in [4.69, 9.17) is 0 Å². The van der Waals surface area contributed by atoms with Gasteiger partial charge in [-0.3, -0.25) is 0 Å². The van der Waals surface area contributed by atoms with Gasteiger partial charge in [0.25, 0.3) is 0 Å². The highest BCUT2D eigenvalue weighted by Gasteiger charge is 2.14. The third-order valence-electron chi connectivity index (χ3n) is 3.14.